The Morgan fingerprint density at radius 1 is 1.11 bits per heavy atom. The van der Waals surface area contributed by atoms with Crippen LogP contribution in [0.15, 0.2) is 70.7 Å². The molecule has 0 radical (unpaired) electrons. The lowest BCUT2D eigenvalue weighted by Gasteiger charge is -2.26. The molecule has 1 saturated heterocycles. The smallest absolute Gasteiger partial charge is 0.335 e. The van der Waals surface area contributed by atoms with E-state index in [1.54, 1.807) is 18.2 Å². The predicted octanol–water partition coefficient (Wildman–Crippen LogP) is 4.75. The highest BCUT2D eigenvalue weighted by molar-refractivity contribution is 9.10. The first-order valence-corrected chi connectivity index (χ1v) is 11.4. The van der Waals surface area contributed by atoms with Crippen LogP contribution in [0, 0.1) is 15.9 Å². The number of urea groups is 1. The standard InChI is InChI=1S/C25H17BrFN3O7/c1-36-21-11-15(10-20(26)22(21)37-13-14-5-7-16(27)8-6-14)9-19-23(31)28-25(33)29(24(19)32)17-3-2-4-18(12-17)30(34)35/h2-12H,13H2,1H3,(H,28,31,33)/b19-9+. The summed E-state index contributed by atoms with van der Waals surface area (Å²) in [6.07, 6.45) is 1.26. The van der Waals surface area contributed by atoms with Gasteiger partial charge in [-0.2, -0.15) is 0 Å². The third-order valence-electron chi connectivity index (χ3n) is 5.26. The number of non-ortho nitro benzene ring substituents is 1. The molecule has 3 aromatic rings. The number of amides is 4. The van der Waals surface area contributed by atoms with Crippen LogP contribution in [0.4, 0.5) is 20.6 Å². The fourth-order valence-electron chi connectivity index (χ4n) is 3.50. The number of nitro benzene ring substituents is 1. The number of benzene rings is 3. The zero-order valence-corrected chi connectivity index (χ0v) is 20.7. The molecule has 0 spiro atoms. The number of hydrogen-bond acceptors (Lipinski definition) is 7. The summed E-state index contributed by atoms with van der Waals surface area (Å²) in [5.74, 6) is -1.64. The lowest BCUT2D eigenvalue weighted by atomic mass is 10.1. The van der Waals surface area contributed by atoms with E-state index in [9.17, 15) is 28.9 Å². The zero-order chi connectivity index (χ0) is 26.7. The van der Waals surface area contributed by atoms with Crippen molar-refractivity contribution >= 4 is 51.2 Å². The number of barbiturate groups is 1. The molecule has 0 saturated carbocycles. The summed E-state index contributed by atoms with van der Waals surface area (Å²) in [5.41, 5.74) is 0.311. The van der Waals surface area contributed by atoms with Crippen molar-refractivity contribution in [2.24, 2.45) is 0 Å². The van der Waals surface area contributed by atoms with Gasteiger partial charge in [-0.25, -0.2) is 14.1 Å². The number of ether oxygens (including phenoxy) is 2. The minimum atomic E-state index is -1.03. The average molecular weight is 570 g/mol. The number of nitro groups is 1. The van der Waals surface area contributed by atoms with Crippen LogP contribution in [0.5, 0.6) is 11.5 Å². The maximum Gasteiger partial charge on any atom is 0.335 e. The van der Waals surface area contributed by atoms with Crippen molar-refractivity contribution < 1.29 is 33.2 Å². The minimum absolute atomic E-state index is 0.0709. The number of rotatable bonds is 7. The fraction of sp³-hybridized carbons (Fsp3) is 0.0800. The molecule has 0 aromatic heterocycles. The van der Waals surface area contributed by atoms with Crippen LogP contribution in [0.3, 0.4) is 0 Å². The van der Waals surface area contributed by atoms with E-state index < -0.39 is 22.8 Å². The summed E-state index contributed by atoms with van der Waals surface area (Å²) in [7, 11) is 1.41. The summed E-state index contributed by atoms with van der Waals surface area (Å²) >= 11 is 3.39. The Kier molecular flexibility index (Phi) is 7.30. The molecule has 188 valence electrons. The van der Waals surface area contributed by atoms with Gasteiger partial charge in [-0.05, 0) is 63.5 Å². The molecular weight excluding hydrogens is 553 g/mol. The van der Waals surface area contributed by atoms with Crippen molar-refractivity contribution in [3.05, 3.63) is 97.8 Å². The van der Waals surface area contributed by atoms with Crippen LogP contribution < -0.4 is 19.7 Å². The topological polar surface area (TPSA) is 128 Å². The second-order valence-corrected chi connectivity index (χ2v) is 8.54. The molecule has 0 atom stereocenters. The van der Waals surface area contributed by atoms with E-state index in [4.69, 9.17) is 9.47 Å². The van der Waals surface area contributed by atoms with Crippen molar-refractivity contribution in [1.29, 1.82) is 0 Å². The summed E-state index contributed by atoms with van der Waals surface area (Å²) in [6, 6.07) is 12.8. The molecule has 0 bridgehead atoms. The SMILES string of the molecule is COc1cc(/C=C2\C(=O)NC(=O)N(c3cccc([N+](=O)[O-])c3)C2=O)cc(Br)c1OCc1ccc(F)cc1. The Labute approximate surface area is 217 Å². The third kappa shape index (κ3) is 5.48. The Morgan fingerprint density at radius 2 is 1.84 bits per heavy atom. The van der Waals surface area contributed by atoms with E-state index in [0.29, 0.717) is 20.7 Å². The predicted molar refractivity (Wildman–Crippen MR) is 134 cm³/mol. The van der Waals surface area contributed by atoms with Gasteiger partial charge in [0.05, 0.1) is 22.2 Å². The third-order valence-corrected chi connectivity index (χ3v) is 5.85. The Balaban J connectivity index is 1.64. The maximum atomic E-state index is 13.1. The van der Waals surface area contributed by atoms with Gasteiger partial charge in [0.1, 0.15) is 18.0 Å². The van der Waals surface area contributed by atoms with Crippen molar-refractivity contribution in [2.45, 2.75) is 6.61 Å². The van der Waals surface area contributed by atoms with Crippen molar-refractivity contribution in [2.75, 3.05) is 12.0 Å². The van der Waals surface area contributed by atoms with Crippen LogP contribution in [0.25, 0.3) is 6.08 Å². The number of carbonyl (C=O) groups is 3. The Hall–Kier alpha value is -4.58. The van der Waals surface area contributed by atoms with Gasteiger partial charge >= 0.3 is 6.03 Å². The largest absolute Gasteiger partial charge is 0.493 e. The number of hydrogen-bond donors (Lipinski definition) is 1. The van der Waals surface area contributed by atoms with Gasteiger partial charge in [0.25, 0.3) is 17.5 Å². The van der Waals surface area contributed by atoms with Crippen molar-refractivity contribution in [1.82, 2.24) is 5.32 Å². The molecule has 1 aliphatic heterocycles. The van der Waals surface area contributed by atoms with Gasteiger partial charge in [0.15, 0.2) is 11.5 Å². The van der Waals surface area contributed by atoms with Crippen LogP contribution in [0.2, 0.25) is 0 Å². The molecule has 12 heteroatoms. The summed E-state index contributed by atoms with van der Waals surface area (Å²) in [5, 5.41) is 13.2. The number of imide groups is 2. The highest BCUT2D eigenvalue weighted by Gasteiger charge is 2.37. The number of carbonyl (C=O) groups excluding carboxylic acids is 3. The van der Waals surface area contributed by atoms with Gasteiger partial charge in [-0.15, -0.1) is 0 Å². The van der Waals surface area contributed by atoms with E-state index in [0.717, 1.165) is 11.6 Å². The molecule has 1 heterocycles. The van der Waals surface area contributed by atoms with E-state index in [1.807, 2.05) is 0 Å². The van der Waals surface area contributed by atoms with E-state index in [-0.39, 0.29) is 35.1 Å². The number of nitrogens with one attached hydrogen (secondary N) is 1. The molecule has 1 fully saturated rings. The van der Waals surface area contributed by atoms with E-state index in [2.05, 4.69) is 21.2 Å². The van der Waals surface area contributed by atoms with Crippen LogP contribution in [-0.4, -0.2) is 29.9 Å². The molecule has 1 N–H and O–H groups in total. The van der Waals surface area contributed by atoms with Gasteiger partial charge in [-0.1, -0.05) is 18.2 Å². The van der Waals surface area contributed by atoms with Crippen LogP contribution in [0.1, 0.15) is 11.1 Å². The molecular formula is C25H17BrFN3O7. The molecule has 1 aliphatic rings. The normalized spacial score (nSPS) is 14.5. The monoisotopic (exact) mass is 569 g/mol. The zero-order valence-electron chi connectivity index (χ0n) is 19.1. The quantitative estimate of drug-likeness (QED) is 0.188. The molecule has 4 rings (SSSR count). The number of anilines is 1. The maximum absolute atomic E-state index is 13.1. The fourth-order valence-corrected chi connectivity index (χ4v) is 4.08. The van der Waals surface area contributed by atoms with Crippen LogP contribution in [-0.2, 0) is 16.2 Å². The Bertz CT molecular complexity index is 1460. The van der Waals surface area contributed by atoms with Gasteiger partial charge in [0.2, 0.25) is 0 Å². The number of halogens is 2. The van der Waals surface area contributed by atoms with Gasteiger partial charge in [-0.3, -0.25) is 25.0 Å². The minimum Gasteiger partial charge on any atom is -0.493 e. The highest BCUT2D eigenvalue weighted by Crippen LogP contribution is 2.38. The van der Waals surface area contributed by atoms with Crippen molar-refractivity contribution in [3.8, 4) is 11.5 Å². The van der Waals surface area contributed by atoms with Gasteiger partial charge < -0.3 is 9.47 Å². The molecule has 4 amide bonds. The summed E-state index contributed by atoms with van der Waals surface area (Å²) in [4.78, 5) is 49.1. The summed E-state index contributed by atoms with van der Waals surface area (Å²) in [6.45, 7) is 0.122. The van der Waals surface area contributed by atoms with Gasteiger partial charge in [0, 0.05) is 12.1 Å². The molecule has 3 aromatic carbocycles. The summed E-state index contributed by atoms with van der Waals surface area (Å²) < 4.78 is 24.8. The first-order chi connectivity index (χ1) is 17.7. The lowest BCUT2D eigenvalue weighted by Crippen LogP contribution is -2.54. The molecule has 37 heavy (non-hydrogen) atoms. The second-order valence-electron chi connectivity index (χ2n) is 7.68. The van der Waals surface area contributed by atoms with E-state index >= 15 is 0 Å². The second kappa shape index (κ2) is 10.6. The molecule has 10 nitrogen and oxygen atoms in total. The lowest BCUT2D eigenvalue weighted by molar-refractivity contribution is -0.384. The Morgan fingerprint density at radius 3 is 2.51 bits per heavy atom. The first kappa shape index (κ1) is 25.5. The highest BCUT2D eigenvalue weighted by atomic mass is 79.9. The first-order valence-electron chi connectivity index (χ1n) is 10.6. The van der Waals surface area contributed by atoms with E-state index in [1.165, 1.54) is 49.6 Å². The molecule has 0 aliphatic carbocycles. The van der Waals surface area contributed by atoms with Crippen molar-refractivity contribution in [3.63, 3.8) is 0 Å². The average Bonchev–Trinajstić information content (AvgIpc) is 2.86. The molecule has 0 unspecified atom stereocenters. The number of nitrogens with zero attached hydrogens (tertiary/aromatic N) is 2. The van der Waals surface area contributed by atoms with Crippen LogP contribution >= 0.6 is 15.9 Å². The number of methoxy groups -OCH3 is 1.